The summed E-state index contributed by atoms with van der Waals surface area (Å²) in [6.45, 7) is -0.568. The van der Waals surface area contributed by atoms with Crippen LogP contribution in [0.3, 0.4) is 0 Å². The second-order valence-corrected chi connectivity index (χ2v) is 9.84. The van der Waals surface area contributed by atoms with E-state index in [1.165, 1.54) is 61.7 Å². The Bertz CT molecular complexity index is 1730. The Hall–Kier alpha value is -5.08. The highest BCUT2D eigenvalue weighted by atomic mass is 16.7. The van der Waals surface area contributed by atoms with E-state index in [9.17, 15) is 40.2 Å². The van der Waals surface area contributed by atoms with Crippen molar-refractivity contribution in [2.45, 2.75) is 30.7 Å². The lowest BCUT2D eigenvalue weighted by Gasteiger charge is -2.39. The predicted octanol–water partition coefficient (Wildman–Crippen LogP) is 2.03. The second kappa shape index (κ2) is 12.7. The fourth-order valence-electron chi connectivity index (χ4n) is 4.52. The number of hydrogen-bond donors (Lipinski definition) is 6. The molecule has 13 heteroatoms. The van der Waals surface area contributed by atoms with Gasteiger partial charge in [0.1, 0.15) is 65.0 Å². The fourth-order valence-corrected chi connectivity index (χ4v) is 4.52. The number of aliphatic hydroxyl groups is 3. The third kappa shape index (κ3) is 6.31. The summed E-state index contributed by atoms with van der Waals surface area (Å²) in [6.07, 6.45) is -6.06. The van der Waals surface area contributed by atoms with Crippen LogP contribution in [0.5, 0.6) is 28.7 Å². The van der Waals surface area contributed by atoms with Gasteiger partial charge in [0.05, 0.1) is 7.11 Å². The summed E-state index contributed by atoms with van der Waals surface area (Å²) in [4.78, 5) is 25.9. The van der Waals surface area contributed by atoms with Gasteiger partial charge < -0.3 is 54.0 Å². The summed E-state index contributed by atoms with van der Waals surface area (Å²) < 4.78 is 27.6. The van der Waals surface area contributed by atoms with Crippen LogP contribution in [0.4, 0.5) is 0 Å². The molecule has 13 nitrogen and oxygen atoms in total. The lowest BCUT2D eigenvalue weighted by Crippen LogP contribution is -2.60. The summed E-state index contributed by atoms with van der Waals surface area (Å²) in [6, 6.07) is 14.1. The normalized spacial score (nSPS) is 21.8. The Morgan fingerprint density at radius 1 is 0.909 bits per heavy atom. The van der Waals surface area contributed by atoms with Gasteiger partial charge in [-0.2, -0.15) is 0 Å². The number of ether oxygens (including phenoxy) is 4. The maximum atomic E-state index is 13.7. The standard InChI is InChI=1S/C31H28O13/c1-40-19-12-20(34)24-21(13-19)42-29(16-5-9-18(33)10-6-16)30(26(24)37)44-31-28(39)27(38)25(36)22(43-31)14-41-23(35)11-4-15-2-7-17(32)8-3-15/h2-13,22,25,27-28,31-34,36,38-39H,14H2,1H3. The van der Waals surface area contributed by atoms with Crippen molar-refractivity contribution < 1.29 is 58.8 Å². The molecule has 1 aliphatic heterocycles. The molecule has 0 spiro atoms. The molecule has 5 atom stereocenters. The van der Waals surface area contributed by atoms with E-state index >= 15 is 0 Å². The maximum Gasteiger partial charge on any atom is 0.330 e. The minimum atomic E-state index is -1.88. The molecule has 0 saturated carbocycles. The minimum absolute atomic E-state index is 0.0550. The van der Waals surface area contributed by atoms with Crippen molar-refractivity contribution in [1.82, 2.24) is 0 Å². The van der Waals surface area contributed by atoms with Gasteiger partial charge in [0.15, 0.2) is 5.76 Å². The first-order valence-electron chi connectivity index (χ1n) is 13.2. The summed E-state index contributed by atoms with van der Waals surface area (Å²) in [5.41, 5.74) is -0.0686. The van der Waals surface area contributed by atoms with Crippen LogP contribution >= 0.6 is 0 Å². The largest absolute Gasteiger partial charge is 0.508 e. The van der Waals surface area contributed by atoms with Gasteiger partial charge in [0.25, 0.3) is 0 Å². The zero-order valence-corrected chi connectivity index (χ0v) is 23.1. The van der Waals surface area contributed by atoms with E-state index in [0.29, 0.717) is 5.56 Å². The molecule has 1 aromatic heterocycles. The molecule has 44 heavy (non-hydrogen) atoms. The molecule has 1 fully saturated rings. The van der Waals surface area contributed by atoms with Crippen molar-refractivity contribution in [3.63, 3.8) is 0 Å². The first kappa shape index (κ1) is 30.4. The third-order valence-electron chi connectivity index (χ3n) is 6.87. The van der Waals surface area contributed by atoms with E-state index in [2.05, 4.69) is 0 Å². The second-order valence-electron chi connectivity index (χ2n) is 9.84. The Labute approximate surface area is 249 Å². The number of benzene rings is 3. The predicted molar refractivity (Wildman–Crippen MR) is 153 cm³/mol. The highest BCUT2D eigenvalue weighted by Gasteiger charge is 2.46. The zero-order chi connectivity index (χ0) is 31.5. The smallest absolute Gasteiger partial charge is 0.330 e. The number of hydrogen-bond acceptors (Lipinski definition) is 13. The molecule has 6 N–H and O–H groups in total. The van der Waals surface area contributed by atoms with Gasteiger partial charge in [0, 0.05) is 23.8 Å². The van der Waals surface area contributed by atoms with Crippen molar-refractivity contribution in [1.29, 1.82) is 0 Å². The number of aliphatic hydroxyl groups excluding tert-OH is 3. The minimum Gasteiger partial charge on any atom is -0.508 e. The summed E-state index contributed by atoms with van der Waals surface area (Å²) in [7, 11) is 1.36. The van der Waals surface area contributed by atoms with Crippen molar-refractivity contribution >= 4 is 23.0 Å². The van der Waals surface area contributed by atoms with Crippen molar-refractivity contribution in [3.05, 3.63) is 82.5 Å². The molecule has 3 aromatic carbocycles. The van der Waals surface area contributed by atoms with Crippen molar-refractivity contribution in [3.8, 4) is 40.1 Å². The fraction of sp³-hybridized carbons (Fsp3) is 0.226. The number of aromatic hydroxyl groups is 3. The van der Waals surface area contributed by atoms with Crippen LogP contribution in [0.1, 0.15) is 5.56 Å². The number of esters is 1. The summed E-state index contributed by atoms with van der Waals surface area (Å²) in [5, 5.41) is 61.1. The van der Waals surface area contributed by atoms with E-state index in [4.69, 9.17) is 23.4 Å². The summed E-state index contributed by atoms with van der Waals surface area (Å²) in [5.74, 6) is -1.82. The summed E-state index contributed by atoms with van der Waals surface area (Å²) >= 11 is 0. The number of rotatable bonds is 8. The van der Waals surface area contributed by atoms with Gasteiger partial charge >= 0.3 is 5.97 Å². The molecule has 5 unspecified atom stereocenters. The first-order chi connectivity index (χ1) is 21.0. The Kier molecular flexibility index (Phi) is 8.73. The maximum absolute atomic E-state index is 13.7. The number of methoxy groups -OCH3 is 1. The Morgan fingerprint density at radius 3 is 2.23 bits per heavy atom. The van der Waals surface area contributed by atoms with Gasteiger partial charge in [-0.25, -0.2) is 4.79 Å². The van der Waals surface area contributed by atoms with E-state index in [0.717, 1.165) is 6.08 Å². The van der Waals surface area contributed by atoms with Crippen LogP contribution in [0.25, 0.3) is 28.4 Å². The van der Waals surface area contributed by atoms with Crippen LogP contribution in [-0.4, -0.2) is 81.0 Å². The molecular weight excluding hydrogens is 580 g/mol. The van der Waals surface area contributed by atoms with Gasteiger partial charge in [-0.1, -0.05) is 12.1 Å². The molecule has 2 heterocycles. The SMILES string of the molecule is COc1cc(O)c2c(=O)c(OC3OC(COC(=O)C=Cc4ccc(O)cc4)C(O)C(O)C3O)c(-c3ccc(O)cc3)oc2c1. The number of carbonyl (C=O) groups is 1. The lowest BCUT2D eigenvalue weighted by molar-refractivity contribution is -0.278. The quantitative estimate of drug-likeness (QED) is 0.125. The average molecular weight is 609 g/mol. The molecule has 5 rings (SSSR count). The number of phenols is 3. The van der Waals surface area contributed by atoms with Crippen LogP contribution in [0.15, 0.2) is 76.0 Å². The molecule has 0 aliphatic carbocycles. The highest BCUT2D eigenvalue weighted by molar-refractivity contribution is 5.88. The molecule has 0 radical (unpaired) electrons. The van der Waals surface area contributed by atoms with Crippen LogP contribution in [0.2, 0.25) is 0 Å². The van der Waals surface area contributed by atoms with Crippen LogP contribution < -0.4 is 14.9 Å². The van der Waals surface area contributed by atoms with Crippen LogP contribution in [-0.2, 0) is 14.3 Å². The Morgan fingerprint density at radius 2 is 1.57 bits per heavy atom. The highest BCUT2D eigenvalue weighted by Crippen LogP contribution is 2.37. The molecular formula is C31H28O13. The Balaban J connectivity index is 1.43. The number of carbonyl (C=O) groups excluding carboxylic acids is 1. The van der Waals surface area contributed by atoms with Crippen molar-refractivity contribution in [2.75, 3.05) is 13.7 Å². The molecule has 1 saturated heterocycles. The topological polar surface area (TPSA) is 206 Å². The van der Waals surface area contributed by atoms with Gasteiger partial charge in [-0.3, -0.25) is 4.79 Å². The number of fused-ring (bicyclic) bond motifs is 1. The molecule has 0 bridgehead atoms. The van der Waals surface area contributed by atoms with Crippen molar-refractivity contribution in [2.24, 2.45) is 0 Å². The monoisotopic (exact) mass is 608 g/mol. The zero-order valence-electron chi connectivity index (χ0n) is 23.1. The number of phenolic OH excluding ortho intramolecular Hbond substituents is 3. The van der Waals surface area contributed by atoms with E-state index in [-0.39, 0.29) is 39.5 Å². The molecule has 1 aliphatic rings. The van der Waals surface area contributed by atoms with Gasteiger partial charge in [0.2, 0.25) is 17.5 Å². The molecule has 4 aromatic rings. The third-order valence-corrected chi connectivity index (χ3v) is 6.87. The first-order valence-corrected chi connectivity index (χ1v) is 13.2. The van der Waals surface area contributed by atoms with E-state index < -0.39 is 60.2 Å². The lowest BCUT2D eigenvalue weighted by atomic mass is 9.99. The van der Waals surface area contributed by atoms with Gasteiger partial charge in [-0.05, 0) is 48.0 Å². The van der Waals surface area contributed by atoms with Gasteiger partial charge in [-0.15, -0.1) is 0 Å². The molecule has 0 amide bonds. The average Bonchev–Trinajstić information content (AvgIpc) is 3.01. The van der Waals surface area contributed by atoms with E-state index in [1.54, 1.807) is 12.1 Å². The molecule has 230 valence electrons. The van der Waals surface area contributed by atoms with Crippen LogP contribution in [0, 0.1) is 0 Å². The van der Waals surface area contributed by atoms with E-state index in [1.807, 2.05) is 0 Å².